The largest absolute Gasteiger partial charge is 0.441 e. The number of fused-ring (bicyclic) bond motifs is 1. The van der Waals surface area contributed by atoms with E-state index in [1.165, 1.54) is 12.1 Å². The van der Waals surface area contributed by atoms with E-state index in [4.69, 9.17) is 4.42 Å². The Morgan fingerprint density at radius 1 is 1.11 bits per heavy atom. The molecule has 5 nitrogen and oxygen atoms in total. The summed E-state index contributed by atoms with van der Waals surface area (Å²) >= 11 is 0. The number of carbonyl (C=O) groups is 1. The molecule has 0 unspecified atom stereocenters. The van der Waals surface area contributed by atoms with Gasteiger partial charge in [-0.05, 0) is 48.4 Å². The van der Waals surface area contributed by atoms with Crippen LogP contribution in [0.2, 0.25) is 0 Å². The molecule has 4 rings (SSSR count). The molecule has 27 heavy (non-hydrogen) atoms. The van der Waals surface area contributed by atoms with E-state index in [-0.39, 0.29) is 11.7 Å². The minimum absolute atomic E-state index is 0.171. The number of anilines is 1. The molecular weight excluding hydrogens is 345 g/mol. The van der Waals surface area contributed by atoms with E-state index in [9.17, 15) is 9.18 Å². The number of piperazine rings is 1. The first kappa shape index (κ1) is 17.5. The van der Waals surface area contributed by atoms with E-state index in [1.54, 1.807) is 12.1 Å². The van der Waals surface area contributed by atoms with Crippen LogP contribution < -0.4 is 4.90 Å². The number of aryl methyl sites for hydroxylation is 2. The molecule has 1 aliphatic rings. The first-order chi connectivity index (χ1) is 13.1. The highest BCUT2D eigenvalue weighted by atomic mass is 19.1. The molecule has 140 valence electrons. The van der Waals surface area contributed by atoms with Gasteiger partial charge >= 0.3 is 0 Å². The molecule has 1 aliphatic heterocycles. The Kier molecular flexibility index (Phi) is 4.79. The number of benzene rings is 2. The third-order valence-corrected chi connectivity index (χ3v) is 5.01. The maximum atomic E-state index is 13.1. The summed E-state index contributed by atoms with van der Waals surface area (Å²) in [6.07, 6.45) is 1.18. The summed E-state index contributed by atoms with van der Waals surface area (Å²) in [4.78, 5) is 21.0. The Morgan fingerprint density at radius 3 is 2.59 bits per heavy atom. The molecule has 0 radical (unpaired) electrons. The summed E-state index contributed by atoms with van der Waals surface area (Å²) in [6.45, 7) is 4.74. The average Bonchev–Trinajstić information content (AvgIpc) is 3.06. The van der Waals surface area contributed by atoms with Crippen molar-refractivity contribution >= 4 is 22.7 Å². The van der Waals surface area contributed by atoms with E-state index in [1.807, 2.05) is 30.0 Å². The highest BCUT2D eigenvalue weighted by Gasteiger charge is 2.21. The fourth-order valence-electron chi connectivity index (χ4n) is 3.52. The van der Waals surface area contributed by atoms with Gasteiger partial charge in [-0.15, -0.1) is 0 Å². The Bertz CT molecular complexity index is 944. The van der Waals surface area contributed by atoms with Crippen LogP contribution in [0.3, 0.4) is 0 Å². The van der Waals surface area contributed by atoms with Gasteiger partial charge in [0.1, 0.15) is 11.3 Å². The maximum absolute atomic E-state index is 13.1. The van der Waals surface area contributed by atoms with Crippen LogP contribution in [0, 0.1) is 12.7 Å². The van der Waals surface area contributed by atoms with Crippen molar-refractivity contribution in [2.45, 2.75) is 19.8 Å². The Hall–Kier alpha value is -2.89. The molecule has 0 spiro atoms. The quantitative estimate of drug-likeness (QED) is 0.708. The number of hydrogen-bond acceptors (Lipinski definition) is 4. The number of rotatable bonds is 4. The fraction of sp³-hybridized carbons (Fsp3) is 0.333. The summed E-state index contributed by atoms with van der Waals surface area (Å²) in [7, 11) is 0. The minimum atomic E-state index is -0.230. The van der Waals surface area contributed by atoms with Gasteiger partial charge in [0, 0.05) is 45.2 Å². The van der Waals surface area contributed by atoms with Crippen LogP contribution in [0.15, 0.2) is 46.9 Å². The van der Waals surface area contributed by atoms with Crippen molar-refractivity contribution in [3.63, 3.8) is 0 Å². The van der Waals surface area contributed by atoms with Crippen molar-refractivity contribution in [3.8, 4) is 0 Å². The lowest BCUT2D eigenvalue weighted by atomic mass is 10.1. The van der Waals surface area contributed by atoms with Gasteiger partial charge in [-0.25, -0.2) is 9.37 Å². The van der Waals surface area contributed by atoms with Crippen molar-refractivity contribution in [1.82, 2.24) is 9.88 Å². The second-order valence-electron chi connectivity index (χ2n) is 6.88. The van der Waals surface area contributed by atoms with Crippen molar-refractivity contribution in [2.24, 2.45) is 0 Å². The third-order valence-electron chi connectivity index (χ3n) is 5.01. The molecule has 1 amide bonds. The Balaban J connectivity index is 1.30. The molecule has 1 saturated heterocycles. The highest BCUT2D eigenvalue weighted by molar-refractivity contribution is 5.77. The molecule has 1 aromatic heterocycles. The van der Waals surface area contributed by atoms with Crippen molar-refractivity contribution in [3.05, 3.63) is 59.7 Å². The van der Waals surface area contributed by atoms with Crippen LogP contribution in [0.1, 0.15) is 17.9 Å². The summed E-state index contributed by atoms with van der Waals surface area (Å²) in [5.74, 6) is 0.592. The molecule has 0 N–H and O–H groups in total. The lowest BCUT2D eigenvalue weighted by Crippen LogP contribution is -2.48. The molecule has 3 aromatic rings. The van der Waals surface area contributed by atoms with E-state index in [0.29, 0.717) is 31.8 Å². The van der Waals surface area contributed by atoms with Gasteiger partial charge in [-0.2, -0.15) is 0 Å². The summed E-state index contributed by atoms with van der Waals surface area (Å²) in [5, 5.41) is 0. The Morgan fingerprint density at radius 2 is 1.85 bits per heavy atom. The summed E-state index contributed by atoms with van der Waals surface area (Å²) < 4.78 is 18.5. The summed E-state index contributed by atoms with van der Waals surface area (Å²) in [6, 6.07) is 12.4. The number of amides is 1. The van der Waals surface area contributed by atoms with Gasteiger partial charge in [0.15, 0.2) is 11.5 Å². The predicted molar refractivity (Wildman–Crippen MR) is 102 cm³/mol. The van der Waals surface area contributed by atoms with Crippen molar-refractivity contribution < 1.29 is 13.6 Å². The van der Waals surface area contributed by atoms with Crippen molar-refractivity contribution in [2.75, 3.05) is 31.1 Å². The van der Waals surface area contributed by atoms with Gasteiger partial charge in [-0.1, -0.05) is 6.07 Å². The van der Waals surface area contributed by atoms with Gasteiger partial charge in [0.05, 0.1) is 0 Å². The molecule has 6 heteroatoms. The second kappa shape index (κ2) is 7.39. The van der Waals surface area contributed by atoms with Crippen molar-refractivity contribution in [1.29, 1.82) is 0 Å². The van der Waals surface area contributed by atoms with Gasteiger partial charge in [0.2, 0.25) is 5.91 Å². The number of aromatic nitrogens is 1. The van der Waals surface area contributed by atoms with E-state index in [0.717, 1.165) is 35.4 Å². The van der Waals surface area contributed by atoms with Crippen LogP contribution in [-0.4, -0.2) is 42.0 Å². The lowest BCUT2D eigenvalue weighted by Gasteiger charge is -2.36. The van der Waals surface area contributed by atoms with E-state index in [2.05, 4.69) is 9.88 Å². The van der Waals surface area contributed by atoms with Gasteiger partial charge < -0.3 is 14.2 Å². The zero-order valence-corrected chi connectivity index (χ0v) is 15.3. The zero-order valence-electron chi connectivity index (χ0n) is 15.3. The molecule has 0 bridgehead atoms. The second-order valence-corrected chi connectivity index (χ2v) is 6.88. The van der Waals surface area contributed by atoms with Crippen LogP contribution in [0.4, 0.5) is 10.1 Å². The standard InChI is InChI=1S/C21H22FN3O2/c1-15-23-19-14-16(2-8-20(19)27-15)3-9-21(26)25-12-10-24(11-13-25)18-6-4-17(22)5-7-18/h2,4-8,14H,3,9-13H2,1H3. The summed E-state index contributed by atoms with van der Waals surface area (Å²) in [5.41, 5.74) is 3.71. The monoisotopic (exact) mass is 367 g/mol. The molecule has 0 atom stereocenters. The number of nitrogens with zero attached hydrogens (tertiary/aromatic N) is 3. The molecule has 1 fully saturated rings. The minimum Gasteiger partial charge on any atom is -0.441 e. The third kappa shape index (κ3) is 3.94. The molecular formula is C21H22FN3O2. The molecule has 0 aliphatic carbocycles. The van der Waals surface area contributed by atoms with Gasteiger partial charge in [0.25, 0.3) is 0 Å². The molecule has 2 heterocycles. The SMILES string of the molecule is Cc1nc2cc(CCC(=O)N3CCN(c4ccc(F)cc4)CC3)ccc2o1. The fourth-order valence-corrected chi connectivity index (χ4v) is 3.52. The highest BCUT2D eigenvalue weighted by Crippen LogP contribution is 2.19. The zero-order chi connectivity index (χ0) is 18.8. The normalized spacial score (nSPS) is 14.7. The van der Waals surface area contributed by atoms with Crippen LogP contribution in [-0.2, 0) is 11.2 Å². The Labute approximate surface area is 157 Å². The number of hydrogen-bond donors (Lipinski definition) is 0. The maximum Gasteiger partial charge on any atom is 0.223 e. The van der Waals surface area contributed by atoms with E-state index < -0.39 is 0 Å². The molecule has 0 saturated carbocycles. The number of carbonyl (C=O) groups excluding carboxylic acids is 1. The van der Waals surface area contributed by atoms with E-state index >= 15 is 0 Å². The topological polar surface area (TPSA) is 49.6 Å². The number of halogens is 1. The lowest BCUT2D eigenvalue weighted by molar-refractivity contribution is -0.131. The molecule has 2 aromatic carbocycles. The average molecular weight is 367 g/mol. The predicted octanol–water partition coefficient (Wildman–Crippen LogP) is 3.56. The van der Waals surface area contributed by atoms with Crippen LogP contribution in [0.25, 0.3) is 11.1 Å². The number of oxazole rings is 1. The first-order valence-corrected chi connectivity index (χ1v) is 9.23. The first-order valence-electron chi connectivity index (χ1n) is 9.23. The van der Waals surface area contributed by atoms with Crippen LogP contribution in [0.5, 0.6) is 0 Å². The smallest absolute Gasteiger partial charge is 0.223 e. The van der Waals surface area contributed by atoms with Gasteiger partial charge in [-0.3, -0.25) is 4.79 Å². The van der Waals surface area contributed by atoms with Crippen LogP contribution >= 0.6 is 0 Å².